The van der Waals surface area contributed by atoms with Crippen LogP contribution in [0.15, 0.2) is 30.3 Å². The maximum absolute atomic E-state index is 12.5. The second-order valence-electron chi connectivity index (χ2n) is 6.25. The van der Waals surface area contributed by atoms with Crippen molar-refractivity contribution < 1.29 is 13.2 Å². The highest BCUT2D eigenvalue weighted by atomic mass is 32.2. The molecule has 1 N–H and O–H groups in total. The standard InChI is InChI=1S/C17H21N3O3S2/c1-12-15(13-7-4-3-5-8-13)24-17(18-12)19-16(21)14-9-6-10-20(11-14)25(2,22)23/h3-5,7-8,14H,6,9-11H2,1-2H3,(H,18,19,21)/t14-/m1/s1. The number of carbonyl (C=O) groups is 1. The molecule has 1 saturated heterocycles. The van der Waals surface area contributed by atoms with Crippen molar-refractivity contribution in [3.63, 3.8) is 0 Å². The van der Waals surface area contributed by atoms with Crippen LogP contribution in [0, 0.1) is 12.8 Å². The Bertz CT molecular complexity index is 863. The van der Waals surface area contributed by atoms with Crippen LogP contribution >= 0.6 is 11.3 Å². The molecule has 25 heavy (non-hydrogen) atoms. The number of aryl methyl sites for hydroxylation is 1. The van der Waals surface area contributed by atoms with E-state index in [2.05, 4.69) is 10.3 Å². The molecule has 6 nitrogen and oxygen atoms in total. The molecule has 134 valence electrons. The number of carbonyl (C=O) groups excluding carboxylic acids is 1. The Morgan fingerprint density at radius 1 is 1.32 bits per heavy atom. The summed E-state index contributed by atoms with van der Waals surface area (Å²) in [4.78, 5) is 18.0. The molecule has 3 rings (SSSR count). The Labute approximate surface area is 151 Å². The van der Waals surface area contributed by atoms with Gasteiger partial charge < -0.3 is 5.32 Å². The van der Waals surface area contributed by atoms with E-state index in [9.17, 15) is 13.2 Å². The van der Waals surface area contributed by atoms with Crippen molar-refractivity contribution in [2.24, 2.45) is 5.92 Å². The van der Waals surface area contributed by atoms with Gasteiger partial charge >= 0.3 is 0 Å². The lowest BCUT2D eigenvalue weighted by atomic mass is 9.99. The summed E-state index contributed by atoms with van der Waals surface area (Å²) in [5, 5.41) is 3.42. The van der Waals surface area contributed by atoms with Crippen LogP contribution in [0.2, 0.25) is 0 Å². The maximum atomic E-state index is 12.5. The lowest BCUT2D eigenvalue weighted by molar-refractivity contribution is -0.120. The number of nitrogens with zero attached hydrogens (tertiary/aromatic N) is 2. The van der Waals surface area contributed by atoms with E-state index >= 15 is 0 Å². The molecule has 1 fully saturated rings. The fraction of sp³-hybridized carbons (Fsp3) is 0.412. The van der Waals surface area contributed by atoms with Crippen LogP contribution in [0.4, 0.5) is 5.13 Å². The Morgan fingerprint density at radius 2 is 2.04 bits per heavy atom. The quantitative estimate of drug-likeness (QED) is 0.886. The van der Waals surface area contributed by atoms with E-state index in [1.807, 2.05) is 37.3 Å². The number of hydrogen-bond acceptors (Lipinski definition) is 5. The molecule has 1 aromatic heterocycles. The Morgan fingerprint density at radius 3 is 2.72 bits per heavy atom. The highest BCUT2D eigenvalue weighted by molar-refractivity contribution is 7.88. The summed E-state index contributed by atoms with van der Waals surface area (Å²) < 4.78 is 24.8. The van der Waals surface area contributed by atoms with Crippen LogP contribution in [-0.2, 0) is 14.8 Å². The van der Waals surface area contributed by atoms with E-state index < -0.39 is 10.0 Å². The maximum Gasteiger partial charge on any atom is 0.230 e. The summed E-state index contributed by atoms with van der Waals surface area (Å²) in [5.74, 6) is -0.505. The summed E-state index contributed by atoms with van der Waals surface area (Å²) >= 11 is 1.44. The molecule has 0 unspecified atom stereocenters. The lowest BCUT2D eigenvalue weighted by Crippen LogP contribution is -2.43. The van der Waals surface area contributed by atoms with Gasteiger partial charge in [-0.25, -0.2) is 17.7 Å². The summed E-state index contributed by atoms with van der Waals surface area (Å²) in [6.07, 6.45) is 2.56. The van der Waals surface area contributed by atoms with Crippen LogP contribution in [-0.4, -0.2) is 43.0 Å². The minimum atomic E-state index is -3.26. The Hall–Kier alpha value is -1.77. The van der Waals surface area contributed by atoms with Gasteiger partial charge in [-0.3, -0.25) is 4.79 Å². The largest absolute Gasteiger partial charge is 0.302 e. The van der Waals surface area contributed by atoms with E-state index in [0.717, 1.165) is 16.1 Å². The molecule has 1 aromatic carbocycles. The number of amides is 1. The summed E-state index contributed by atoms with van der Waals surface area (Å²) in [5.41, 5.74) is 1.94. The van der Waals surface area contributed by atoms with E-state index in [4.69, 9.17) is 0 Å². The third-order valence-corrected chi connectivity index (χ3v) is 6.68. The zero-order valence-corrected chi connectivity index (χ0v) is 15.9. The van der Waals surface area contributed by atoms with Crippen molar-refractivity contribution in [3.05, 3.63) is 36.0 Å². The predicted molar refractivity (Wildman–Crippen MR) is 100 cm³/mol. The monoisotopic (exact) mass is 379 g/mol. The van der Waals surface area contributed by atoms with Gasteiger partial charge in [0.2, 0.25) is 15.9 Å². The van der Waals surface area contributed by atoms with Gasteiger partial charge in [0.15, 0.2) is 5.13 Å². The minimum Gasteiger partial charge on any atom is -0.302 e. The Balaban J connectivity index is 1.71. The Kier molecular flexibility index (Phi) is 5.21. The normalized spacial score (nSPS) is 18.9. The van der Waals surface area contributed by atoms with Gasteiger partial charge in [-0.05, 0) is 25.3 Å². The van der Waals surface area contributed by atoms with Crippen LogP contribution in [0.1, 0.15) is 18.5 Å². The zero-order valence-electron chi connectivity index (χ0n) is 14.2. The minimum absolute atomic E-state index is 0.165. The molecule has 0 aliphatic carbocycles. The molecule has 0 radical (unpaired) electrons. The van der Waals surface area contributed by atoms with Gasteiger partial charge in [-0.2, -0.15) is 0 Å². The number of sulfonamides is 1. The topological polar surface area (TPSA) is 79.4 Å². The molecule has 1 aliphatic heterocycles. The van der Waals surface area contributed by atoms with E-state index in [1.165, 1.54) is 21.9 Å². The molecule has 0 spiro atoms. The fourth-order valence-electron chi connectivity index (χ4n) is 2.97. The number of piperidine rings is 1. The predicted octanol–water partition coefficient (Wildman–Crippen LogP) is 2.73. The third-order valence-electron chi connectivity index (χ3n) is 4.29. The van der Waals surface area contributed by atoms with E-state index in [1.54, 1.807) is 0 Å². The molecule has 0 bridgehead atoms. The number of rotatable bonds is 4. The van der Waals surface area contributed by atoms with Crippen LogP contribution in [0.3, 0.4) is 0 Å². The van der Waals surface area contributed by atoms with Crippen LogP contribution in [0.25, 0.3) is 10.4 Å². The first kappa shape index (κ1) is 18.0. The van der Waals surface area contributed by atoms with E-state index in [-0.39, 0.29) is 18.4 Å². The number of benzene rings is 1. The number of hydrogen-bond donors (Lipinski definition) is 1. The second-order valence-corrected chi connectivity index (χ2v) is 9.23. The first-order valence-electron chi connectivity index (χ1n) is 8.13. The molecule has 1 atom stereocenters. The summed E-state index contributed by atoms with van der Waals surface area (Å²) in [6.45, 7) is 2.64. The summed E-state index contributed by atoms with van der Waals surface area (Å²) in [6, 6.07) is 9.91. The molecule has 2 heterocycles. The van der Waals surface area contributed by atoms with Gasteiger partial charge in [0.05, 0.1) is 22.7 Å². The van der Waals surface area contributed by atoms with Gasteiger partial charge in [0, 0.05) is 13.1 Å². The number of aromatic nitrogens is 1. The van der Waals surface area contributed by atoms with Gasteiger partial charge in [-0.15, -0.1) is 0 Å². The summed E-state index contributed by atoms with van der Waals surface area (Å²) in [7, 11) is -3.26. The highest BCUT2D eigenvalue weighted by Crippen LogP contribution is 2.33. The van der Waals surface area contributed by atoms with Crippen LogP contribution in [0.5, 0.6) is 0 Å². The first-order chi connectivity index (χ1) is 11.8. The number of nitrogens with one attached hydrogen (secondary N) is 1. The number of anilines is 1. The zero-order chi connectivity index (χ0) is 18.0. The van der Waals surface area contributed by atoms with Crippen molar-refractivity contribution in [3.8, 4) is 10.4 Å². The second kappa shape index (κ2) is 7.23. The molecular weight excluding hydrogens is 358 g/mol. The van der Waals surface area contributed by atoms with Crippen molar-refractivity contribution in [2.45, 2.75) is 19.8 Å². The van der Waals surface area contributed by atoms with Crippen LogP contribution < -0.4 is 5.32 Å². The van der Waals surface area contributed by atoms with Crippen molar-refractivity contribution in [2.75, 3.05) is 24.7 Å². The lowest BCUT2D eigenvalue weighted by Gasteiger charge is -2.29. The third kappa shape index (κ3) is 4.26. The molecule has 8 heteroatoms. The van der Waals surface area contributed by atoms with Gasteiger partial charge in [0.1, 0.15) is 0 Å². The van der Waals surface area contributed by atoms with Crippen molar-refractivity contribution in [1.29, 1.82) is 0 Å². The average Bonchev–Trinajstić information content (AvgIpc) is 2.95. The highest BCUT2D eigenvalue weighted by Gasteiger charge is 2.30. The number of thiazole rings is 1. The molecule has 2 aromatic rings. The van der Waals surface area contributed by atoms with Crippen molar-refractivity contribution >= 4 is 32.4 Å². The smallest absolute Gasteiger partial charge is 0.230 e. The molecule has 1 amide bonds. The molecular formula is C17H21N3O3S2. The first-order valence-corrected chi connectivity index (χ1v) is 10.8. The van der Waals surface area contributed by atoms with Crippen molar-refractivity contribution in [1.82, 2.24) is 9.29 Å². The van der Waals surface area contributed by atoms with E-state index in [0.29, 0.717) is 24.5 Å². The molecule has 1 aliphatic rings. The van der Waals surface area contributed by atoms with Gasteiger partial charge in [-0.1, -0.05) is 41.7 Å². The average molecular weight is 380 g/mol. The SMILES string of the molecule is Cc1nc(NC(=O)[C@@H]2CCCN(S(C)(=O)=O)C2)sc1-c1ccccc1. The van der Waals surface area contributed by atoms with Gasteiger partial charge in [0.25, 0.3) is 0 Å². The fourth-order valence-corrected chi connectivity index (χ4v) is 4.86. The molecule has 0 saturated carbocycles.